The number of phenolic OH excluding ortho intramolecular Hbond substituents is 1. The Morgan fingerprint density at radius 1 is 1.06 bits per heavy atom. The van der Waals surface area contributed by atoms with Crippen LogP contribution in [-0.4, -0.2) is 30.1 Å². The van der Waals surface area contributed by atoms with E-state index in [1.807, 2.05) is 22.6 Å². The van der Waals surface area contributed by atoms with Crippen LogP contribution in [0.1, 0.15) is 11.1 Å². The molecule has 10 heteroatoms. The second-order valence-electron chi connectivity index (χ2n) is 7.42. The van der Waals surface area contributed by atoms with Crippen molar-refractivity contribution in [2.75, 3.05) is 12.0 Å². The first-order chi connectivity index (χ1) is 16.8. The molecule has 35 heavy (non-hydrogen) atoms. The summed E-state index contributed by atoms with van der Waals surface area (Å²) in [5, 5.41) is 11.6. The molecule has 0 radical (unpaired) electrons. The number of carbonyl (C=O) groups is 3. The number of nitrogens with one attached hydrogen (secondary N) is 1. The number of urea groups is 1. The fourth-order valence-corrected chi connectivity index (χ4v) is 4.14. The van der Waals surface area contributed by atoms with Gasteiger partial charge in [0.2, 0.25) is 0 Å². The van der Waals surface area contributed by atoms with Gasteiger partial charge in [0, 0.05) is 0 Å². The molecule has 0 saturated carbocycles. The molecule has 1 aliphatic heterocycles. The number of hydrogen-bond donors (Lipinski definition) is 2. The number of carbonyl (C=O) groups excluding carboxylic acids is 3. The van der Waals surface area contributed by atoms with Crippen molar-refractivity contribution in [3.05, 3.63) is 86.8 Å². The van der Waals surface area contributed by atoms with Crippen molar-refractivity contribution < 1.29 is 33.4 Å². The van der Waals surface area contributed by atoms with Crippen LogP contribution in [0.15, 0.2) is 66.2 Å². The number of phenols is 1. The second-order valence-corrected chi connectivity index (χ2v) is 8.59. The molecule has 1 heterocycles. The normalized spacial score (nSPS) is 14.8. The molecule has 0 spiro atoms. The minimum atomic E-state index is -0.889. The number of methoxy groups -OCH3 is 1. The fourth-order valence-electron chi connectivity index (χ4n) is 3.36. The molecule has 8 nitrogen and oxygen atoms in total. The third-order valence-electron chi connectivity index (χ3n) is 5.07. The fraction of sp³-hybridized carbons (Fsp3) is 0.0800. The molecule has 0 bridgehead atoms. The van der Waals surface area contributed by atoms with Crippen molar-refractivity contribution >= 4 is 52.2 Å². The first kappa shape index (κ1) is 24.2. The monoisotopic (exact) mass is 588 g/mol. The molecule has 178 valence electrons. The number of imide groups is 2. The Morgan fingerprint density at radius 2 is 1.74 bits per heavy atom. The average Bonchev–Trinajstić information content (AvgIpc) is 2.83. The Kier molecular flexibility index (Phi) is 7.01. The zero-order valence-electron chi connectivity index (χ0n) is 18.2. The first-order valence-corrected chi connectivity index (χ1v) is 11.3. The van der Waals surface area contributed by atoms with E-state index >= 15 is 0 Å². The highest BCUT2D eigenvalue weighted by Gasteiger charge is 2.36. The topological polar surface area (TPSA) is 105 Å². The zero-order chi connectivity index (χ0) is 25.1. The van der Waals surface area contributed by atoms with Crippen LogP contribution in [0.2, 0.25) is 0 Å². The van der Waals surface area contributed by atoms with Crippen LogP contribution < -0.4 is 19.7 Å². The van der Waals surface area contributed by atoms with E-state index in [0.717, 1.165) is 10.5 Å². The van der Waals surface area contributed by atoms with E-state index in [9.17, 15) is 23.9 Å². The van der Waals surface area contributed by atoms with Crippen molar-refractivity contribution in [2.45, 2.75) is 6.61 Å². The summed E-state index contributed by atoms with van der Waals surface area (Å²) >= 11 is 2.04. The molecule has 3 aromatic carbocycles. The van der Waals surface area contributed by atoms with Gasteiger partial charge in [0.05, 0.1) is 16.4 Å². The molecule has 0 atom stereocenters. The molecule has 2 N–H and O–H groups in total. The summed E-state index contributed by atoms with van der Waals surface area (Å²) in [6.45, 7) is 0.178. The van der Waals surface area contributed by atoms with Gasteiger partial charge in [-0.2, -0.15) is 0 Å². The highest BCUT2D eigenvalue weighted by molar-refractivity contribution is 14.1. The van der Waals surface area contributed by atoms with Crippen LogP contribution in [0.3, 0.4) is 0 Å². The standard InChI is InChI=1S/C25H18FIN2O6/c1-34-21-12-15(11-20(27)22(21)35-13-14-2-4-16(26)5-3-14)10-19-23(31)28-25(33)29(24(19)32)17-6-8-18(30)9-7-17/h2-12,30H,13H2,1H3,(H,28,31,33)/b19-10+. The van der Waals surface area contributed by atoms with Crippen molar-refractivity contribution in [3.8, 4) is 17.2 Å². The molecule has 3 aromatic rings. The molecule has 4 rings (SSSR count). The molecular weight excluding hydrogens is 570 g/mol. The molecule has 4 amide bonds. The largest absolute Gasteiger partial charge is 0.508 e. The lowest BCUT2D eigenvalue weighted by molar-refractivity contribution is -0.122. The molecule has 0 unspecified atom stereocenters. The first-order valence-electron chi connectivity index (χ1n) is 10.2. The number of anilines is 1. The van der Waals surface area contributed by atoms with E-state index in [1.165, 1.54) is 49.6 Å². The number of benzene rings is 3. The lowest BCUT2D eigenvalue weighted by Gasteiger charge is -2.26. The van der Waals surface area contributed by atoms with E-state index in [-0.39, 0.29) is 29.4 Å². The molecule has 1 fully saturated rings. The predicted octanol–water partition coefficient (Wildman–Crippen LogP) is 4.39. The molecule has 0 aromatic heterocycles. The number of ether oxygens (including phenoxy) is 2. The van der Waals surface area contributed by atoms with Crippen LogP contribution in [0, 0.1) is 9.39 Å². The molecule has 0 aliphatic carbocycles. The van der Waals surface area contributed by atoms with Crippen molar-refractivity contribution in [1.82, 2.24) is 5.32 Å². The number of nitrogens with zero attached hydrogens (tertiary/aromatic N) is 1. The lowest BCUT2D eigenvalue weighted by Crippen LogP contribution is -2.54. The summed E-state index contributed by atoms with van der Waals surface area (Å²) in [5.41, 5.74) is 1.17. The third kappa shape index (κ3) is 5.27. The van der Waals surface area contributed by atoms with Crippen LogP contribution in [0.25, 0.3) is 6.08 Å². The van der Waals surface area contributed by atoms with Gasteiger partial charge in [-0.15, -0.1) is 0 Å². The van der Waals surface area contributed by atoms with Crippen LogP contribution in [-0.2, 0) is 16.2 Å². The van der Waals surface area contributed by atoms with Gasteiger partial charge in [-0.25, -0.2) is 14.1 Å². The van der Waals surface area contributed by atoms with E-state index in [1.54, 1.807) is 24.3 Å². The van der Waals surface area contributed by atoms with Gasteiger partial charge in [-0.05, 0) is 88.3 Å². The van der Waals surface area contributed by atoms with Crippen LogP contribution in [0.4, 0.5) is 14.9 Å². The van der Waals surface area contributed by atoms with Crippen LogP contribution >= 0.6 is 22.6 Å². The predicted molar refractivity (Wildman–Crippen MR) is 134 cm³/mol. The zero-order valence-corrected chi connectivity index (χ0v) is 20.4. The van der Waals surface area contributed by atoms with E-state index in [0.29, 0.717) is 20.6 Å². The number of amides is 4. The minimum Gasteiger partial charge on any atom is -0.508 e. The van der Waals surface area contributed by atoms with Gasteiger partial charge >= 0.3 is 6.03 Å². The van der Waals surface area contributed by atoms with Gasteiger partial charge in [0.1, 0.15) is 23.7 Å². The number of halogens is 2. The number of rotatable bonds is 6. The Labute approximate surface area is 213 Å². The summed E-state index contributed by atoms with van der Waals surface area (Å²) in [5.74, 6) is -1.21. The summed E-state index contributed by atoms with van der Waals surface area (Å²) < 4.78 is 25.1. The van der Waals surface area contributed by atoms with E-state index < -0.39 is 17.8 Å². The van der Waals surface area contributed by atoms with Crippen molar-refractivity contribution in [1.29, 1.82) is 0 Å². The summed E-state index contributed by atoms with van der Waals surface area (Å²) in [4.78, 5) is 38.7. The smallest absolute Gasteiger partial charge is 0.335 e. The van der Waals surface area contributed by atoms with E-state index in [2.05, 4.69) is 5.32 Å². The highest BCUT2D eigenvalue weighted by atomic mass is 127. The Bertz CT molecular complexity index is 1340. The maximum atomic E-state index is 13.1. The minimum absolute atomic E-state index is 0.0335. The summed E-state index contributed by atoms with van der Waals surface area (Å²) in [6.07, 6.45) is 1.35. The summed E-state index contributed by atoms with van der Waals surface area (Å²) in [6, 6.07) is 13.7. The van der Waals surface area contributed by atoms with Gasteiger partial charge in [0.15, 0.2) is 11.5 Å². The maximum absolute atomic E-state index is 13.1. The quantitative estimate of drug-likeness (QED) is 0.252. The Morgan fingerprint density at radius 3 is 2.40 bits per heavy atom. The number of aromatic hydroxyl groups is 1. The molecule has 1 saturated heterocycles. The van der Waals surface area contributed by atoms with Crippen LogP contribution in [0.5, 0.6) is 17.2 Å². The molecule has 1 aliphatic rings. The van der Waals surface area contributed by atoms with E-state index in [4.69, 9.17) is 9.47 Å². The number of hydrogen-bond acceptors (Lipinski definition) is 6. The molecular formula is C25H18FIN2O6. The van der Waals surface area contributed by atoms with Gasteiger partial charge in [-0.3, -0.25) is 14.9 Å². The second kappa shape index (κ2) is 10.1. The number of barbiturate groups is 1. The summed E-state index contributed by atoms with van der Waals surface area (Å²) in [7, 11) is 1.46. The van der Waals surface area contributed by atoms with Gasteiger partial charge in [0.25, 0.3) is 11.8 Å². The SMILES string of the molecule is COc1cc(/C=C2\C(=O)NC(=O)N(c3ccc(O)cc3)C2=O)cc(I)c1OCc1ccc(F)cc1. The van der Waals surface area contributed by atoms with Crippen molar-refractivity contribution in [3.63, 3.8) is 0 Å². The Hall–Kier alpha value is -3.93. The lowest BCUT2D eigenvalue weighted by atomic mass is 10.1. The Balaban J connectivity index is 1.63. The highest BCUT2D eigenvalue weighted by Crippen LogP contribution is 2.35. The maximum Gasteiger partial charge on any atom is 0.335 e. The van der Waals surface area contributed by atoms with Gasteiger partial charge in [-0.1, -0.05) is 12.1 Å². The average molecular weight is 588 g/mol. The third-order valence-corrected chi connectivity index (χ3v) is 5.87. The van der Waals surface area contributed by atoms with Gasteiger partial charge < -0.3 is 14.6 Å². The van der Waals surface area contributed by atoms with Crippen molar-refractivity contribution in [2.24, 2.45) is 0 Å².